The Morgan fingerprint density at radius 3 is 2.11 bits per heavy atom. The number of aliphatic carboxylic acids is 2. The number of primary amides is 1. The van der Waals surface area contributed by atoms with E-state index in [2.05, 4.69) is 20.9 Å². The third-order valence-electron chi connectivity index (χ3n) is 5.73. The van der Waals surface area contributed by atoms with Gasteiger partial charge in [-0.05, 0) is 17.5 Å². The molecule has 1 aromatic heterocycles. The minimum Gasteiger partial charge on any atom is -0.481 e. The number of para-hydroxylation sites is 1. The first kappa shape index (κ1) is 29.8. The number of rotatable bonds is 14. The van der Waals surface area contributed by atoms with Gasteiger partial charge in [0.1, 0.15) is 18.1 Å². The molecule has 206 valence electrons. The molecule has 4 amide bonds. The number of carboxylic acids is 2. The molecule has 0 spiro atoms. The number of aromatic amines is 1. The fourth-order valence-electron chi connectivity index (χ4n) is 3.74. The molecule has 1 heterocycles. The zero-order chi connectivity index (χ0) is 28.6. The van der Waals surface area contributed by atoms with Crippen molar-refractivity contribution >= 4 is 46.5 Å². The number of carboxylic acid groups (broad SMARTS) is 2. The molecule has 1 aromatic carbocycles. The molecular weight excluding hydrogens is 500 g/mol. The highest BCUT2D eigenvalue weighted by Crippen LogP contribution is 2.19. The van der Waals surface area contributed by atoms with Crippen molar-refractivity contribution in [2.45, 2.75) is 57.3 Å². The number of amides is 4. The molecular formula is C24H32N6O8. The standard InChI is InChI=1S/C24H32N6O8/c1-11(2)20(30-22(35)16(9-19(32)33)28-21(34)14(25)8-18(26)31)23(36)29-17(24(37)38)7-12-10-27-15-6-4-3-5-13(12)15/h3-6,10-11,14,16-17,20,27H,7-9,25H2,1-2H3,(H2,26,31)(H,28,34)(H,29,36)(H,30,35)(H,32,33)(H,37,38). The van der Waals surface area contributed by atoms with Gasteiger partial charge in [0.15, 0.2) is 0 Å². The van der Waals surface area contributed by atoms with Crippen LogP contribution in [0.25, 0.3) is 10.9 Å². The second-order valence-corrected chi connectivity index (χ2v) is 9.13. The summed E-state index contributed by atoms with van der Waals surface area (Å²) in [7, 11) is 0. The van der Waals surface area contributed by atoms with E-state index in [0.29, 0.717) is 5.56 Å². The van der Waals surface area contributed by atoms with E-state index in [1.165, 1.54) is 0 Å². The number of benzene rings is 1. The Morgan fingerprint density at radius 2 is 1.53 bits per heavy atom. The Labute approximate surface area is 217 Å². The van der Waals surface area contributed by atoms with E-state index in [-0.39, 0.29) is 6.42 Å². The minimum atomic E-state index is -1.63. The largest absolute Gasteiger partial charge is 0.481 e. The summed E-state index contributed by atoms with van der Waals surface area (Å²) < 4.78 is 0. The molecule has 0 saturated carbocycles. The van der Waals surface area contributed by atoms with Gasteiger partial charge in [-0.25, -0.2) is 4.79 Å². The summed E-state index contributed by atoms with van der Waals surface area (Å²) in [5.41, 5.74) is 12.0. The predicted octanol–water partition coefficient (Wildman–Crippen LogP) is -1.42. The van der Waals surface area contributed by atoms with E-state index >= 15 is 0 Å². The topological polar surface area (TPSA) is 247 Å². The van der Waals surface area contributed by atoms with Gasteiger partial charge in [0.2, 0.25) is 23.6 Å². The zero-order valence-corrected chi connectivity index (χ0v) is 20.9. The fourth-order valence-corrected chi connectivity index (χ4v) is 3.74. The van der Waals surface area contributed by atoms with Crippen LogP contribution in [0.15, 0.2) is 30.5 Å². The first-order valence-corrected chi connectivity index (χ1v) is 11.7. The molecule has 0 fully saturated rings. The lowest BCUT2D eigenvalue weighted by Gasteiger charge is -2.26. The fraction of sp³-hybridized carbons (Fsp3) is 0.417. The molecule has 14 nitrogen and oxygen atoms in total. The Bertz CT molecular complexity index is 1210. The summed E-state index contributed by atoms with van der Waals surface area (Å²) in [4.78, 5) is 75.4. The van der Waals surface area contributed by atoms with Gasteiger partial charge in [0.05, 0.1) is 18.9 Å². The SMILES string of the molecule is CC(C)C(NC(=O)C(CC(=O)O)NC(=O)C(N)CC(N)=O)C(=O)NC(Cc1c[nH]c2ccccc12)C(=O)O. The molecule has 4 unspecified atom stereocenters. The van der Waals surface area contributed by atoms with Gasteiger partial charge in [-0.2, -0.15) is 0 Å². The quantitative estimate of drug-likeness (QED) is 0.142. The van der Waals surface area contributed by atoms with E-state index in [4.69, 9.17) is 11.5 Å². The van der Waals surface area contributed by atoms with Crippen LogP contribution in [0, 0.1) is 5.92 Å². The monoisotopic (exact) mass is 532 g/mol. The molecule has 0 radical (unpaired) electrons. The molecule has 0 saturated heterocycles. The maximum Gasteiger partial charge on any atom is 0.326 e. The van der Waals surface area contributed by atoms with Gasteiger partial charge < -0.3 is 42.6 Å². The smallest absolute Gasteiger partial charge is 0.326 e. The van der Waals surface area contributed by atoms with Crippen LogP contribution in [0.2, 0.25) is 0 Å². The van der Waals surface area contributed by atoms with Crippen LogP contribution in [0.3, 0.4) is 0 Å². The van der Waals surface area contributed by atoms with Crippen molar-refractivity contribution in [2.75, 3.05) is 0 Å². The van der Waals surface area contributed by atoms with Gasteiger partial charge in [-0.15, -0.1) is 0 Å². The Hall–Kier alpha value is -4.46. The number of carbonyl (C=O) groups excluding carboxylic acids is 4. The summed E-state index contributed by atoms with van der Waals surface area (Å²) in [5.74, 6) is -6.94. The number of hydrogen-bond donors (Lipinski definition) is 8. The van der Waals surface area contributed by atoms with Gasteiger partial charge in [-0.1, -0.05) is 32.0 Å². The average Bonchev–Trinajstić information content (AvgIpc) is 3.23. The van der Waals surface area contributed by atoms with Crippen molar-refractivity contribution in [1.29, 1.82) is 0 Å². The molecule has 38 heavy (non-hydrogen) atoms. The van der Waals surface area contributed by atoms with E-state index in [1.54, 1.807) is 26.1 Å². The zero-order valence-electron chi connectivity index (χ0n) is 20.9. The number of fused-ring (bicyclic) bond motifs is 1. The Morgan fingerprint density at radius 1 is 0.895 bits per heavy atom. The molecule has 2 rings (SSSR count). The van der Waals surface area contributed by atoms with Crippen molar-refractivity contribution in [3.8, 4) is 0 Å². The number of nitrogens with one attached hydrogen (secondary N) is 4. The van der Waals surface area contributed by atoms with Crippen LogP contribution < -0.4 is 27.4 Å². The summed E-state index contributed by atoms with van der Waals surface area (Å²) in [5, 5.41) is 26.6. The third kappa shape index (κ3) is 8.30. The number of nitrogens with two attached hydrogens (primary N) is 2. The number of H-pyrrole nitrogens is 1. The van der Waals surface area contributed by atoms with Gasteiger partial charge >= 0.3 is 11.9 Å². The third-order valence-corrected chi connectivity index (χ3v) is 5.73. The second-order valence-electron chi connectivity index (χ2n) is 9.13. The molecule has 4 atom stereocenters. The molecule has 14 heteroatoms. The highest BCUT2D eigenvalue weighted by molar-refractivity contribution is 5.96. The summed E-state index contributed by atoms with van der Waals surface area (Å²) in [6.07, 6.45) is 0.235. The molecule has 0 aliphatic carbocycles. The van der Waals surface area contributed by atoms with Gasteiger partial charge in [0.25, 0.3) is 0 Å². The lowest BCUT2D eigenvalue weighted by Crippen LogP contribution is -2.59. The number of carbonyl (C=O) groups is 6. The van der Waals surface area contributed by atoms with Crippen LogP contribution in [0.5, 0.6) is 0 Å². The Kier molecular flexibility index (Phi) is 10.3. The molecule has 10 N–H and O–H groups in total. The normalized spacial score (nSPS) is 14.2. The highest BCUT2D eigenvalue weighted by atomic mass is 16.4. The predicted molar refractivity (Wildman–Crippen MR) is 134 cm³/mol. The van der Waals surface area contributed by atoms with Gasteiger partial charge in [-0.3, -0.25) is 24.0 Å². The maximum atomic E-state index is 13.1. The van der Waals surface area contributed by atoms with Crippen LogP contribution >= 0.6 is 0 Å². The van der Waals surface area contributed by atoms with Crippen molar-refractivity contribution < 1.29 is 39.0 Å². The summed E-state index contributed by atoms with van der Waals surface area (Å²) in [6.45, 7) is 3.18. The van der Waals surface area contributed by atoms with E-state index in [0.717, 1.165) is 10.9 Å². The molecule has 0 aliphatic heterocycles. The molecule has 0 bridgehead atoms. The van der Waals surface area contributed by atoms with E-state index in [1.807, 2.05) is 18.2 Å². The van der Waals surface area contributed by atoms with E-state index in [9.17, 15) is 39.0 Å². The lowest BCUT2D eigenvalue weighted by atomic mass is 10.0. The molecule has 2 aromatic rings. The number of aromatic nitrogens is 1. The lowest BCUT2D eigenvalue weighted by molar-refractivity contribution is -0.143. The first-order chi connectivity index (χ1) is 17.8. The van der Waals surface area contributed by atoms with Crippen LogP contribution in [-0.2, 0) is 35.2 Å². The average molecular weight is 533 g/mol. The molecule has 0 aliphatic rings. The highest BCUT2D eigenvalue weighted by Gasteiger charge is 2.33. The minimum absolute atomic E-state index is 0.0424. The summed E-state index contributed by atoms with van der Waals surface area (Å²) >= 11 is 0. The van der Waals surface area contributed by atoms with Crippen molar-refractivity contribution in [3.05, 3.63) is 36.0 Å². The van der Waals surface area contributed by atoms with E-state index < -0.39 is 78.5 Å². The maximum absolute atomic E-state index is 13.1. The summed E-state index contributed by atoms with van der Waals surface area (Å²) in [6, 6.07) is 1.61. The van der Waals surface area contributed by atoms with Crippen molar-refractivity contribution in [1.82, 2.24) is 20.9 Å². The van der Waals surface area contributed by atoms with Crippen LogP contribution in [0.1, 0.15) is 32.3 Å². The van der Waals surface area contributed by atoms with Crippen molar-refractivity contribution in [3.63, 3.8) is 0 Å². The first-order valence-electron chi connectivity index (χ1n) is 11.7. The second kappa shape index (κ2) is 13.2. The number of hydrogen-bond acceptors (Lipinski definition) is 7. The van der Waals surface area contributed by atoms with Crippen LogP contribution in [0.4, 0.5) is 0 Å². The Balaban J connectivity index is 2.16. The van der Waals surface area contributed by atoms with Crippen LogP contribution in [-0.4, -0.2) is 74.9 Å². The van der Waals surface area contributed by atoms with Gasteiger partial charge in [0, 0.05) is 23.5 Å². The van der Waals surface area contributed by atoms with Crippen molar-refractivity contribution in [2.24, 2.45) is 17.4 Å².